The average molecular weight is 226 g/mol. The Labute approximate surface area is 90.0 Å². The molecule has 0 aliphatic carbocycles. The number of hydrogen-bond acceptors (Lipinski definition) is 3. The van der Waals surface area contributed by atoms with Gasteiger partial charge in [0.15, 0.2) is 5.44 Å². The van der Waals surface area contributed by atoms with E-state index in [-0.39, 0.29) is 6.10 Å². The summed E-state index contributed by atoms with van der Waals surface area (Å²) in [6, 6.07) is 8.48. The highest BCUT2D eigenvalue weighted by Crippen LogP contribution is 2.35. The molecule has 0 saturated carbocycles. The quantitative estimate of drug-likeness (QED) is 0.737. The fourth-order valence-electron chi connectivity index (χ4n) is 1.63. The van der Waals surface area contributed by atoms with Gasteiger partial charge in [-0.1, -0.05) is 31.5 Å². The molecule has 0 N–H and O–H groups in total. The van der Waals surface area contributed by atoms with Gasteiger partial charge in [0, 0.05) is 0 Å². The second kappa shape index (κ2) is 3.94. The number of sulfone groups is 1. The third kappa shape index (κ3) is 2.06. The Balaban J connectivity index is 2.16. The first-order valence-electron chi connectivity index (χ1n) is 5.10. The van der Waals surface area contributed by atoms with E-state index in [1.165, 1.54) is 0 Å². The second-order valence-electron chi connectivity index (χ2n) is 3.69. The summed E-state index contributed by atoms with van der Waals surface area (Å²) in [6.07, 6.45) is 1.67. The van der Waals surface area contributed by atoms with Gasteiger partial charge in [0.2, 0.25) is 9.84 Å². The van der Waals surface area contributed by atoms with Gasteiger partial charge in [-0.15, -0.1) is 0 Å². The third-order valence-electron chi connectivity index (χ3n) is 2.49. The minimum Gasteiger partial charge on any atom is -0.352 e. The molecule has 1 saturated heterocycles. The van der Waals surface area contributed by atoms with Gasteiger partial charge < -0.3 is 4.74 Å². The normalized spacial score (nSPS) is 25.1. The topological polar surface area (TPSA) is 46.7 Å². The lowest BCUT2D eigenvalue weighted by molar-refractivity contribution is 0.382. The summed E-state index contributed by atoms with van der Waals surface area (Å²) in [5.41, 5.74) is -0.611. The molecule has 1 aromatic carbocycles. The minimum atomic E-state index is -3.26. The summed E-state index contributed by atoms with van der Waals surface area (Å²) < 4.78 is 29.1. The van der Waals surface area contributed by atoms with Gasteiger partial charge in [-0.3, -0.25) is 0 Å². The summed E-state index contributed by atoms with van der Waals surface area (Å²) in [5, 5.41) is 0. The molecule has 1 fully saturated rings. The Kier molecular flexibility index (Phi) is 2.80. The molecule has 3 nitrogen and oxygen atoms in total. The largest absolute Gasteiger partial charge is 0.352 e. The van der Waals surface area contributed by atoms with Crippen LogP contribution in [0.25, 0.3) is 0 Å². The molecule has 1 aromatic rings. The highest BCUT2D eigenvalue weighted by Gasteiger charge is 2.48. The van der Waals surface area contributed by atoms with E-state index in [9.17, 15) is 8.42 Å². The van der Waals surface area contributed by atoms with E-state index in [4.69, 9.17) is 4.74 Å². The van der Waals surface area contributed by atoms with E-state index < -0.39 is 15.3 Å². The summed E-state index contributed by atoms with van der Waals surface area (Å²) in [6.45, 7) is 2.02. The van der Waals surface area contributed by atoms with E-state index in [1.807, 2.05) is 6.92 Å². The van der Waals surface area contributed by atoms with Crippen LogP contribution in [-0.4, -0.2) is 20.0 Å². The zero-order valence-corrected chi connectivity index (χ0v) is 9.41. The minimum absolute atomic E-state index is 0.0970. The van der Waals surface area contributed by atoms with Gasteiger partial charge >= 0.3 is 0 Å². The lowest BCUT2D eigenvalue weighted by Crippen LogP contribution is -2.11. The Morgan fingerprint density at radius 3 is 2.53 bits per heavy atom. The lowest BCUT2D eigenvalue weighted by Gasteiger charge is -1.99. The molecule has 2 atom stereocenters. The molecule has 4 heteroatoms. The van der Waals surface area contributed by atoms with Crippen LogP contribution >= 0.6 is 0 Å². The first-order valence-corrected chi connectivity index (χ1v) is 6.65. The van der Waals surface area contributed by atoms with Crippen LogP contribution in [-0.2, 0) is 14.6 Å². The van der Waals surface area contributed by atoms with Crippen molar-refractivity contribution in [1.82, 2.24) is 0 Å². The fourth-order valence-corrected chi connectivity index (χ4v) is 3.26. The molecule has 1 aliphatic rings. The zero-order valence-electron chi connectivity index (χ0n) is 8.59. The Hall–Kier alpha value is -0.870. The second-order valence-corrected chi connectivity index (χ2v) is 5.72. The monoisotopic (exact) mass is 226 g/mol. The molecule has 0 aromatic heterocycles. The molecule has 82 valence electrons. The summed E-state index contributed by atoms with van der Waals surface area (Å²) in [7, 11) is -3.26. The fraction of sp³-hybridized carbons (Fsp3) is 0.455. The van der Waals surface area contributed by atoms with Crippen molar-refractivity contribution in [3.05, 3.63) is 30.3 Å². The van der Waals surface area contributed by atoms with Crippen LogP contribution < -0.4 is 0 Å². The molecule has 15 heavy (non-hydrogen) atoms. The molecule has 1 aliphatic heterocycles. The average Bonchev–Trinajstić information content (AvgIpc) is 3.00. The van der Waals surface area contributed by atoms with E-state index in [0.717, 1.165) is 12.8 Å². The smallest absolute Gasteiger partial charge is 0.207 e. The van der Waals surface area contributed by atoms with E-state index in [0.29, 0.717) is 4.90 Å². The number of hydrogen-bond donors (Lipinski definition) is 0. The van der Waals surface area contributed by atoms with Gasteiger partial charge in [-0.2, -0.15) is 0 Å². The van der Waals surface area contributed by atoms with Crippen LogP contribution in [0, 0.1) is 0 Å². The molecule has 0 radical (unpaired) electrons. The Morgan fingerprint density at radius 2 is 1.93 bits per heavy atom. The summed E-state index contributed by atoms with van der Waals surface area (Å²) in [4.78, 5) is 0.355. The van der Waals surface area contributed by atoms with Crippen molar-refractivity contribution in [2.24, 2.45) is 0 Å². The highest BCUT2D eigenvalue weighted by molar-refractivity contribution is 7.92. The van der Waals surface area contributed by atoms with E-state index in [1.54, 1.807) is 30.3 Å². The molecule has 1 heterocycles. The molecule has 0 bridgehead atoms. The van der Waals surface area contributed by atoms with Crippen molar-refractivity contribution in [3.8, 4) is 0 Å². The van der Waals surface area contributed by atoms with Crippen molar-refractivity contribution in [1.29, 1.82) is 0 Å². The SMILES string of the molecule is CCC[C@@H]1O[C@H]1S(=O)(=O)c1ccccc1. The molecule has 2 rings (SSSR count). The van der Waals surface area contributed by atoms with Crippen molar-refractivity contribution in [2.45, 2.75) is 36.2 Å². The van der Waals surface area contributed by atoms with Crippen molar-refractivity contribution in [3.63, 3.8) is 0 Å². The first kappa shape index (κ1) is 10.6. The van der Waals surface area contributed by atoms with Crippen LogP contribution in [0.5, 0.6) is 0 Å². The van der Waals surface area contributed by atoms with Crippen LogP contribution in [0.1, 0.15) is 19.8 Å². The predicted octanol–water partition coefficient (Wildman–Crippen LogP) is 1.99. The Bertz CT molecular complexity index is 424. The maximum absolute atomic E-state index is 12.0. The summed E-state index contributed by atoms with van der Waals surface area (Å²) >= 11 is 0. The van der Waals surface area contributed by atoms with Gasteiger partial charge in [-0.25, -0.2) is 8.42 Å². The van der Waals surface area contributed by atoms with Crippen LogP contribution in [0.4, 0.5) is 0 Å². The first-order chi connectivity index (χ1) is 7.16. The zero-order chi connectivity index (χ0) is 10.9. The molecule has 0 unspecified atom stereocenters. The van der Waals surface area contributed by atoms with Gasteiger partial charge in [0.1, 0.15) is 6.10 Å². The molecular formula is C11H14O3S. The van der Waals surface area contributed by atoms with Crippen LogP contribution in [0.2, 0.25) is 0 Å². The van der Waals surface area contributed by atoms with Crippen LogP contribution in [0.3, 0.4) is 0 Å². The van der Waals surface area contributed by atoms with E-state index in [2.05, 4.69) is 0 Å². The number of epoxide rings is 1. The molecule has 0 spiro atoms. The lowest BCUT2D eigenvalue weighted by atomic mass is 10.3. The van der Waals surface area contributed by atoms with Crippen molar-refractivity contribution in [2.75, 3.05) is 0 Å². The van der Waals surface area contributed by atoms with Crippen molar-refractivity contribution >= 4 is 9.84 Å². The molecular weight excluding hydrogens is 212 g/mol. The predicted molar refractivity (Wildman–Crippen MR) is 57.2 cm³/mol. The third-order valence-corrected chi connectivity index (χ3v) is 4.44. The Morgan fingerprint density at radius 1 is 1.27 bits per heavy atom. The number of ether oxygens (including phenoxy) is 1. The number of rotatable bonds is 4. The van der Waals surface area contributed by atoms with E-state index >= 15 is 0 Å². The maximum Gasteiger partial charge on any atom is 0.207 e. The standard InChI is InChI=1S/C11H14O3S/c1-2-6-10-11(14-10)15(12,13)9-7-4-3-5-8-9/h3-5,7-8,10-11H,2,6H2,1H3/t10-,11-/m0/s1. The van der Waals surface area contributed by atoms with Gasteiger partial charge in [0.05, 0.1) is 4.90 Å². The highest BCUT2D eigenvalue weighted by atomic mass is 32.2. The van der Waals surface area contributed by atoms with Gasteiger partial charge in [0.25, 0.3) is 0 Å². The number of benzene rings is 1. The van der Waals surface area contributed by atoms with Crippen LogP contribution in [0.15, 0.2) is 35.2 Å². The maximum atomic E-state index is 12.0. The molecule has 0 amide bonds. The van der Waals surface area contributed by atoms with Crippen molar-refractivity contribution < 1.29 is 13.2 Å². The summed E-state index contributed by atoms with van der Waals surface area (Å²) in [5.74, 6) is 0. The van der Waals surface area contributed by atoms with Gasteiger partial charge in [-0.05, 0) is 18.6 Å².